The number of aromatic nitrogens is 2. The second-order valence-corrected chi connectivity index (χ2v) is 5.42. The van der Waals surface area contributed by atoms with Crippen LogP contribution < -0.4 is 5.73 Å². The molecule has 3 nitrogen and oxygen atoms in total. The summed E-state index contributed by atoms with van der Waals surface area (Å²) >= 11 is 0. The third-order valence-electron chi connectivity index (χ3n) is 4.12. The van der Waals surface area contributed by atoms with Crippen LogP contribution in [-0.4, -0.2) is 9.55 Å². The minimum atomic E-state index is 0.584. The fourth-order valence-electron chi connectivity index (χ4n) is 3.18. The smallest absolute Gasteiger partial charge is 0.113 e. The minimum absolute atomic E-state index is 0.584. The Morgan fingerprint density at radius 3 is 2.84 bits per heavy atom. The van der Waals surface area contributed by atoms with Crippen molar-refractivity contribution in [3.8, 4) is 0 Å². The Morgan fingerprint density at radius 2 is 2.11 bits per heavy atom. The summed E-state index contributed by atoms with van der Waals surface area (Å²) in [7, 11) is 0. The first-order valence-corrected chi connectivity index (χ1v) is 7.17. The van der Waals surface area contributed by atoms with Gasteiger partial charge in [-0.25, -0.2) is 4.98 Å². The molecule has 2 aromatic rings. The van der Waals surface area contributed by atoms with E-state index >= 15 is 0 Å². The molecule has 0 bridgehead atoms. The van der Waals surface area contributed by atoms with E-state index < -0.39 is 0 Å². The number of benzene rings is 1. The van der Waals surface area contributed by atoms with Gasteiger partial charge >= 0.3 is 0 Å². The number of anilines is 1. The Labute approximate surface area is 114 Å². The molecule has 1 fully saturated rings. The van der Waals surface area contributed by atoms with Crippen molar-refractivity contribution in [2.24, 2.45) is 0 Å². The van der Waals surface area contributed by atoms with Crippen molar-refractivity contribution in [2.75, 3.05) is 5.73 Å². The molecule has 1 aromatic heterocycles. The van der Waals surface area contributed by atoms with Gasteiger partial charge in [-0.15, -0.1) is 6.58 Å². The lowest BCUT2D eigenvalue weighted by Gasteiger charge is -2.21. The molecule has 3 rings (SSSR count). The number of hydrogen-bond acceptors (Lipinski definition) is 2. The van der Waals surface area contributed by atoms with Crippen molar-refractivity contribution in [1.82, 2.24) is 9.55 Å². The lowest BCUT2D eigenvalue weighted by atomic mass is 9.88. The number of rotatable bonds is 3. The van der Waals surface area contributed by atoms with Crippen molar-refractivity contribution in [1.29, 1.82) is 0 Å². The lowest BCUT2D eigenvalue weighted by Crippen LogP contribution is -2.11. The molecule has 0 radical (unpaired) electrons. The van der Waals surface area contributed by atoms with E-state index in [9.17, 15) is 0 Å². The molecule has 1 aromatic carbocycles. The van der Waals surface area contributed by atoms with Gasteiger partial charge in [0, 0.05) is 12.5 Å². The van der Waals surface area contributed by atoms with E-state index in [2.05, 4.69) is 17.2 Å². The third kappa shape index (κ3) is 2.14. The molecule has 0 aliphatic heterocycles. The molecule has 0 saturated heterocycles. The summed E-state index contributed by atoms with van der Waals surface area (Å²) in [5.41, 5.74) is 8.93. The highest BCUT2D eigenvalue weighted by molar-refractivity contribution is 5.87. The average Bonchev–Trinajstić information content (AvgIpc) is 2.81. The van der Waals surface area contributed by atoms with Gasteiger partial charge in [-0.05, 0) is 25.0 Å². The topological polar surface area (TPSA) is 43.8 Å². The number of fused-ring (bicyclic) bond motifs is 1. The number of nitrogens with two attached hydrogens (primary N) is 1. The van der Waals surface area contributed by atoms with Crippen LogP contribution in [0.15, 0.2) is 30.9 Å². The molecule has 0 amide bonds. The van der Waals surface area contributed by atoms with Crippen LogP contribution in [0, 0.1) is 0 Å². The van der Waals surface area contributed by atoms with Gasteiger partial charge in [0.15, 0.2) is 0 Å². The summed E-state index contributed by atoms with van der Waals surface area (Å²) in [4.78, 5) is 4.84. The molecule has 100 valence electrons. The van der Waals surface area contributed by atoms with E-state index in [-0.39, 0.29) is 0 Å². The average molecular weight is 255 g/mol. The van der Waals surface area contributed by atoms with Gasteiger partial charge in [0.1, 0.15) is 11.3 Å². The monoisotopic (exact) mass is 255 g/mol. The molecule has 1 aliphatic rings. The van der Waals surface area contributed by atoms with Crippen LogP contribution in [0.1, 0.15) is 43.8 Å². The number of hydrogen-bond donors (Lipinski definition) is 1. The van der Waals surface area contributed by atoms with Gasteiger partial charge in [-0.3, -0.25) is 0 Å². The predicted molar refractivity (Wildman–Crippen MR) is 80.2 cm³/mol. The SMILES string of the molecule is C=CCn1c(C2CCCCC2)nc2c(N)cccc21. The molecule has 1 saturated carbocycles. The van der Waals surface area contributed by atoms with Crippen LogP contribution in [0.25, 0.3) is 11.0 Å². The molecule has 1 heterocycles. The molecule has 19 heavy (non-hydrogen) atoms. The maximum absolute atomic E-state index is 6.06. The molecule has 0 atom stereocenters. The first kappa shape index (κ1) is 12.3. The Hall–Kier alpha value is -1.77. The minimum Gasteiger partial charge on any atom is -0.397 e. The number of para-hydroxylation sites is 1. The second kappa shape index (κ2) is 5.08. The zero-order valence-corrected chi connectivity index (χ0v) is 11.3. The summed E-state index contributed by atoms with van der Waals surface area (Å²) in [6.45, 7) is 4.68. The first-order chi connectivity index (χ1) is 9.31. The van der Waals surface area contributed by atoms with Gasteiger partial charge in [0.05, 0.1) is 11.2 Å². The Kier molecular flexibility index (Phi) is 3.28. The summed E-state index contributed by atoms with van der Waals surface area (Å²) in [5.74, 6) is 1.79. The van der Waals surface area contributed by atoms with Crippen molar-refractivity contribution in [3.63, 3.8) is 0 Å². The largest absolute Gasteiger partial charge is 0.397 e. The van der Waals surface area contributed by atoms with E-state index in [0.29, 0.717) is 5.92 Å². The fourth-order valence-corrected chi connectivity index (χ4v) is 3.18. The van der Waals surface area contributed by atoms with Crippen molar-refractivity contribution >= 4 is 16.7 Å². The Morgan fingerprint density at radius 1 is 1.32 bits per heavy atom. The lowest BCUT2D eigenvalue weighted by molar-refractivity contribution is 0.420. The van der Waals surface area contributed by atoms with E-state index in [1.807, 2.05) is 18.2 Å². The summed E-state index contributed by atoms with van der Waals surface area (Å²) in [6, 6.07) is 6.04. The molecular weight excluding hydrogens is 234 g/mol. The molecule has 0 spiro atoms. The van der Waals surface area contributed by atoms with Gasteiger partial charge in [0.25, 0.3) is 0 Å². The van der Waals surface area contributed by atoms with Gasteiger partial charge in [0.2, 0.25) is 0 Å². The third-order valence-corrected chi connectivity index (χ3v) is 4.12. The van der Waals surface area contributed by atoms with E-state index in [4.69, 9.17) is 10.7 Å². The van der Waals surface area contributed by atoms with Gasteiger partial charge in [-0.2, -0.15) is 0 Å². The highest BCUT2D eigenvalue weighted by atomic mass is 15.1. The van der Waals surface area contributed by atoms with E-state index in [1.165, 1.54) is 37.9 Å². The summed E-state index contributed by atoms with van der Waals surface area (Å²) in [5, 5.41) is 0. The van der Waals surface area contributed by atoms with Crippen LogP contribution >= 0.6 is 0 Å². The van der Waals surface area contributed by atoms with E-state index in [0.717, 1.165) is 23.3 Å². The highest BCUT2D eigenvalue weighted by Crippen LogP contribution is 2.34. The molecular formula is C16H21N3. The number of nitrogen functional groups attached to an aromatic ring is 1. The fraction of sp³-hybridized carbons (Fsp3) is 0.438. The van der Waals surface area contributed by atoms with Crippen LogP contribution in [0.4, 0.5) is 5.69 Å². The molecule has 2 N–H and O–H groups in total. The van der Waals surface area contributed by atoms with Crippen LogP contribution in [0.3, 0.4) is 0 Å². The normalized spacial score (nSPS) is 16.8. The van der Waals surface area contributed by atoms with Crippen LogP contribution in [0.2, 0.25) is 0 Å². The summed E-state index contributed by atoms with van der Waals surface area (Å²) in [6.07, 6.45) is 8.44. The highest BCUT2D eigenvalue weighted by Gasteiger charge is 2.22. The van der Waals surface area contributed by atoms with Crippen LogP contribution in [-0.2, 0) is 6.54 Å². The van der Waals surface area contributed by atoms with Crippen molar-refractivity contribution in [3.05, 3.63) is 36.7 Å². The van der Waals surface area contributed by atoms with Crippen LogP contribution in [0.5, 0.6) is 0 Å². The Bertz CT molecular complexity index is 591. The van der Waals surface area contributed by atoms with Crippen molar-refractivity contribution in [2.45, 2.75) is 44.6 Å². The zero-order valence-electron chi connectivity index (χ0n) is 11.3. The molecule has 0 unspecified atom stereocenters. The van der Waals surface area contributed by atoms with E-state index in [1.54, 1.807) is 0 Å². The number of nitrogens with zero attached hydrogens (tertiary/aromatic N) is 2. The second-order valence-electron chi connectivity index (χ2n) is 5.42. The molecule has 3 heteroatoms. The van der Waals surface area contributed by atoms with Crippen molar-refractivity contribution < 1.29 is 0 Å². The first-order valence-electron chi connectivity index (χ1n) is 7.17. The van der Waals surface area contributed by atoms with Gasteiger partial charge in [-0.1, -0.05) is 31.4 Å². The molecule has 1 aliphatic carbocycles. The number of allylic oxidation sites excluding steroid dienone is 1. The quantitative estimate of drug-likeness (QED) is 0.668. The predicted octanol–water partition coefficient (Wildman–Crippen LogP) is 3.85. The summed E-state index contributed by atoms with van der Waals surface area (Å²) < 4.78 is 2.29. The Balaban J connectivity index is 2.13. The maximum atomic E-state index is 6.06. The zero-order chi connectivity index (χ0) is 13.2. The maximum Gasteiger partial charge on any atom is 0.113 e. The van der Waals surface area contributed by atoms with Gasteiger partial charge < -0.3 is 10.3 Å². The standard InChI is InChI=1S/C16H21N3/c1-2-11-19-14-10-6-9-13(17)15(14)18-16(19)12-7-4-3-5-8-12/h2,6,9-10,12H,1,3-5,7-8,11,17H2. The number of imidazole rings is 1.